The van der Waals surface area contributed by atoms with E-state index in [2.05, 4.69) is 54.7 Å². The zero-order valence-corrected chi connectivity index (χ0v) is 19.7. The third kappa shape index (κ3) is 4.78. The zero-order valence-electron chi connectivity index (χ0n) is 19.7. The molecule has 9 heteroatoms. The van der Waals surface area contributed by atoms with Crippen LogP contribution in [-0.2, 0) is 10.3 Å². The van der Waals surface area contributed by atoms with E-state index in [4.69, 9.17) is 4.74 Å². The number of aromatic nitrogens is 2. The molecule has 1 N–H and O–H groups in total. The van der Waals surface area contributed by atoms with Gasteiger partial charge in [-0.25, -0.2) is 18.7 Å². The first kappa shape index (κ1) is 24.9. The van der Waals surface area contributed by atoms with Gasteiger partial charge in [0, 0.05) is 24.4 Å². The molecule has 3 fully saturated rings. The van der Waals surface area contributed by atoms with Gasteiger partial charge in [0.1, 0.15) is 5.71 Å². The molecule has 2 aromatic rings. The smallest absolute Gasteiger partial charge is 0.278 e. The van der Waals surface area contributed by atoms with Gasteiger partial charge in [-0.1, -0.05) is 31.7 Å². The van der Waals surface area contributed by atoms with Crippen molar-refractivity contribution in [2.24, 2.45) is 10.2 Å². The molecule has 0 bridgehead atoms. The van der Waals surface area contributed by atoms with Gasteiger partial charge in [0.15, 0.2) is 0 Å². The van der Waals surface area contributed by atoms with Crippen LogP contribution in [0.15, 0.2) is 46.9 Å². The molecule has 3 aliphatic heterocycles. The lowest BCUT2D eigenvalue weighted by molar-refractivity contribution is -0.0712. The van der Waals surface area contributed by atoms with Crippen molar-refractivity contribution in [3.8, 4) is 0 Å². The Hall–Kier alpha value is -2.78. The molecule has 0 amide bonds. The first-order valence-corrected chi connectivity index (χ1v) is 12.5. The zero-order chi connectivity index (χ0) is 23.8. The van der Waals surface area contributed by atoms with Crippen molar-refractivity contribution < 1.29 is 13.5 Å². The minimum Gasteiger partial charge on any atom is -0.378 e. The van der Waals surface area contributed by atoms with Crippen molar-refractivity contribution in [1.29, 1.82) is 0 Å². The second-order valence-electron chi connectivity index (χ2n) is 10.1. The lowest BCUT2D eigenvalue weighted by Crippen LogP contribution is -2.51. The molecule has 1 aromatic carbocycles. The molecule has 0 radical (unpaired) electrons. The van der Waals surface area contributed by atoms with Gasteiger partial charge >= 0.3 is 0 Å². The summed E-state index contributed by atoms with van der Waals surface area (Å²) in [5, 5.41) is 11.0. The Balaban J connectivity index is 0.00000267. The number of halogens is 2. The summed E-state index contributed by atoms with van der Waals surface area (Å²) in [5.41, 5.74) is 3.42. The number of ether oxygens (including phenoxy) is 1. The summed E-state index contributed by atoms with van der Waals surface area (Å²) in [5.74, 6) is 1.16. The summed E-state index contributed by atoms with van der Waals surface area (Å²) < 4.78 is 31.0. The molecular formula is C27H34F2N6O. The fourth-order valence-corrected chi connectivity index (χ4v) is 5.53. The van der Waals surface area contributed by atoms with E-state index >= 15 is 0 Å². The number of piperidine rings is 1. The summed E-state index contributed by atoms with van der Waals surface area (Å²) in [7, 11) is 0. The summed E-state index contributed by atoms with van der Waals surface area (Å²) in [4.78, 5) is 11.5. The molecule has 4 heterocycles. The van der Waals surface area contributed by atoms with Crippen LogP contribution in [0.25, 0.3) is 0 Å². The minimum atomic E-state index is -2.58. The van der Waals surface area contributed by atoms with Crippen LogP contribution in [0.1, 0.15) is 68.6 Å². The van der Waals surface area contributed by atoms with Crippen LogP contribution in [0.4, 0.5) is 14.7 Å². The Labute approximate surface area is 211 Å². The average Bonchev–Trinajstić information content (AvgIpc) is 3.32. The van der Waals surface area contributed by atoms with Crippen LogP contribution in [0.5, 0.6) is 0 Å². The molecule has 6 rings (SSSR count). The van der Waals surface area contributed by atoms with Gasteiger partial charge in [-0.05, 0) is 62.2 Å². The number of hydrogen-bond acceptors (Lipinski definition) is 7. The van der Waals surface area contributed by atoms with Crippen LogP contribution in [0.2, 0.25) is 0 Å². The van der Waals surface area contributed by atoms with Gasteiger partial charge in [0.05, 0.1) is 30.5 Å². The Kier molecular flexibility index (Phi) is 7.12. The predicted molar refractivity (Wildman–Crippen MR) is 137 cm³/mol. The highest BCUT2D eigenvalue weighted by molar-refractivity contribution is 6.15. The fourth-order valence-electron chi connectivity index (χ4n) is 5.53. The second-order valence-corrected chi connectivity index (χ2v) is 10.1. The van der Waals surface area contributed by atoms with Crippen molar-refractivity contribution in [3.05, 3.63) is 53.3 Å². The van der Waals surface area contributed by atoms with Gasteiger partial charge in [0.25, 0.3) is 6.43 Å². The molecule has 0 atom stereocenters. The molecule has 7 nitrogen and oxygen atoms in total. The third-order valence-electron chi connectivity index (χ3n) is 8.04. The molecule has 4 aliphatic rings. The van der Waals surface area contributed by atoms with Gasteiger partial charge in [-0.2, -0.15) is 10.2 Å². The maximum absolute atomic E-state index is 12.8. The summed E-state index contributed by atoms with van der Waals surface area (Å²) in [6, 6.07) is 9.75. The van der Waals surface area contributed by atoms with Crippen LogP contribution < -0.4 is 5.32 Å². The fraction of sp³-hybridized carbons (Fsp3) is 0.556. The quantitative estimate of drug-likeness (QED) is 0.584. The molecule has 1 saturated carbocycles. The Morgan fingerprint density at radius 2 is 1.69 bits per heavy atom. The van der Waals surface area contributed by atoms with E-state index in [1.165, 1.54) is 24.0 Å². The highest BCUT2D eigenvalue weighted by Crippen LogP contribution is 2.44. The number of likely N-dealkylation sites (tertiary alicyclic amines) is 1. The van der Waals surface area contributed by atoms with Gasteiger partial charge in [-0.3, -0.25) is 4.90 Å². The Bertz CT molecular complexity index is 1100. The maximum atomic E-state index is 12.8. The number of hydrogen-bond donors (Lipinski definition) is 1. The summed E-state index contributed by atoms with van der Waals surface area (Å²) in [6.45, 7) is 4.09. The van der Waals surface area contributed by atoms with E-state index in [-0.39, 0.29) is 25.1 Å². The highest BCUT2D eigenvalue weighted by Gasteiger charge is 2.39. The van der Waals surface area contributed by atoms with Crippen LogP contribution >= 0.6 is 0 Å². The highest BCUT2D eigenvalue weighted by atomic mass is 19.3. The lowest BCUT2D eigenvalue weighted by Gasteiger charge is -2.43. The van der Waals surface area contributed by atoms with E-state index in [0.717, 1.165) is 45.6 Å². The topological polar surface area (TPSA) is 75.0 Å². The molecule has 2 saturated heterocycles. The molecule has 36 heavy (non-hydrogen) atoms. The first-order chi connectivity index (χ1) is 17.1. The van der Waals surface area contributed by atoms with Gasteiger partial charge in [-0.15, -0.1) is 0 Å². The van der Waals surface area contributed by atoms with E-state index in [9.17, 15) is 8.78 Å². The molecule has 192 valence electrons. The van der Waals surface area contributed by atoms with Gasteiger partial charge < -0.3 is 10.1 Å². The standard InChI is InChI=1S/C26H30F2N6O.CH4/c27-24(28)23-12-22(32-33-23)19-13-29-25(30-14-19)31-26(8-1-9-26)20-4-2-17(3-5-20)18-6-10-34(11-7-18)21-15-35-16-21;/h2-5,13-14,18,21,24H,1,6-12,15-16H2,(H,29,30,31);1H4. The van der Waals surface area contributed by atoms with Crippen molar-refractivity contribution in [2.75, 3.05) is 31.6 Å². The largest absolute Gasteiger partial charge is 0.378 e. The van der Waals surface area contributed by atoms with Crippen molar-refractivity contribution >= 4 is 17.4 Å². The van der Waals surface area contributed by atoms with E-state index in [0.29, 0.717) is 29.2 Å². The van der Waals surface area contributed by atoms with Crippen LogP contribution in [0, 0.1) is 0 Å². The second kappa shape index (κ2) is 10.3. The maximum Gasteiger partial charge on any atom is 0.278 e. The number of nitrogens with zero attached hydrogens (tertiary/aromatic N) is 5. The third-order valence-corrected chi connectivity index (χ3v) is 8.04. The van der Waals surface area contributed by atoms with Crippen LogP contribution in [0.3, 0.4) is 0 Å². The number of benzene rings is 1. The SMILES string of the molecule is C.FC(F)C1=NN=C(c2cnc(NC3(c4ccc(C5CCN(C6COC6)CC5)cc4)CCC3)nc2)C1. The van der Waals surface area contributed by atoms with E-state index in [1.807, 2.05) is 0 Å². The van der Waals surface area contributed by atoms with Crippen LogP contribution in [-0.4, -0.2) is 65.1 Å². The lowest BCUT2D eigenvalue weighted by atomic mass is 9.71. The normalized spacial score (nSPS) is 22.3. The number of nitrogens with one attached hydrogen (secondary N) is 1. The Morgan fingerprint density at radius 3 is 2.22 bits per heavy atom. The molecule has 0 spiro atoms. The number of alkyl halides is 2. The predicted octanol–water partition coefficient (Wildman–Crippen LogP) is 5.00. The summed E-state index contributed by atoms with van der Waals surface area (Å²) in [6.07, 6.45) is 6.33. The molecule has 1 aliphatic carbocycles. The average molecular weight is 497 g/mol. The van der Waals surface area contributed by atoms with Crippen molar-refractivity contribution in [2.45, 2.75) is 69.9 Å². The minimum absolute atomic E-state index is 0. The first-order valence-electron chi connectivity index (χ1n) is 12.5. The van der Waals surface area contributed by atoms with E-state index < -0.39 is 6.43 Å². The van der Waals surface area contributed by atoms with E-state index in [1.54, 1.807) is 12.4 Å². The molecule has 0 unspecified atom stereocenters. The van der Waals surface area contributed by atoms with Crippen molar-refractivity contribution in [1.82, 2.24) is 14.9 Å². The Morgan fingerprint density at radius 1 is 1.00 bits per heavy atom. The number of rotatable bonds is 7. The number of anilines is 1. The molecule has 1 aromatic heterocycles. The van der Waals surface area contributed by atoms with Crippen molar-refractivity contribution in [3.63, 3.8) is 0 Å². The molecular weight excluding hydrogens is 462 g/mol. The summed E-state index contributed by atoms with van der Waals surface area (Å²) >= 11 is 0. The monoisotopic (exact) mass is 496 g/mol. The van der Waals surface area contributed by atoms with Gasteiger partial charge in [0.2, 0.25) is 5.95 Å².